The number of hydrogen-bond acceptors (Lipinski definition) is 7. The third-order valence-electron chi connectivity index (χ3n) is 5.76. The summed E-state index contributed by atoms with van der Waals surface area (Å²) in [5.74, 6) is 1.16. The standard InChI is InChI=1S/C27H34N2O6S/c1-17(28-26(32)35-27(2,3)4)24(30)29-21(14-18-10-8-7-9-11-18)25(31)36-16-22(29)20-13-12-19(33-5)15-23(20)34-6/h7-13,15,17,21-22H,14,16H2,1-6H3,(H,28,32)/t17-,21-,22-/m0/s1. The van der Waals surface area contributed by atoms with Crippen LogP contribution in [0.2, 0.25) is 0 Å². The molecule has 2 amide bonds. The summed E-state index contributed by atoms with van der Waals surface area (Å²) in [7, 11) is 3.12. The maximum atomic E-state index is 13.9. The summed E-state index contributed by atoms with van der Waals surface area (Å²) < 4.78 is 16.3. The van der Waals surface area contributed by atoms with E-state index in [-0.39, 0.29) is 11.0 Å². The summed E-state index contributed by atoms with van der Waals surface area (Å²) in [5, 5.41) is 2.53. The average molecular weight is 515 g/mol. The van der Waals surface area contributed by atoms with Gasteiger partial charge in [0.05, 0.1) is 20.3 Å². The van der Waals surface area contributed by atoms with Crippen LogP contribution in [-0.2, 0) is 20.7 Å². The first-order valence-electron chi connectivity index (χ1n) is 11.8. The van der Waals surface area contributed by atoms with Crippen molar-refractivity contribution in [1.29, 1.82) is 0 Å². The van der Waals surface area contributed by atoms with Gasteiger partial charge in [-0.2, -0.15) is 0 Å². The van der Waals surface area contributed by atoms with Gasteiger partial charge in [-0.05, 0) is 45.4 Å². The first kappa shape index (κ1) is 27.4. The Hall–Kier alpha value is -3.20. The van der Waals surface area contributed by atoms with Gasteiger partial charge in [-0.3, -0.25) is 9.59 Å². The molecule has 0 radical (unpaired) electrons. The molecule has 36 heavy (non-hydrogen) atoms. The highest BCUT2D eigenvalue weighted by Gasteiger charge is 2.43. The summed E-state index contributed by atoms with van der Waals surface area (Å²) in [6.45, 7) is 6.85. The van der Waals surface area contributed by atoms with Gasteiger partial charge in [-0.25, -0.2) is 4.79 Å². The van der Waals surface area contributed by atoms with Gasteiger partial charge in [-0.15, -0.1) is 0 Å². The maximum Gasteiger partial charge on any atom is 0.408 e. The van der Waals surface area contributed by atoms with Crippen LogP contribution in [0.4, 0.5) is 4.79 Å². The molecule has 2 aromatic rings. The number of carbonyl (C=O) groups is 3. The van der Waals surface area contributed by atoms with Crippen molar-refractivity contribution >= 4 is 28.9 Å². The number of hydrogen-bond donors (Lipinski definition) is 1. The van der Waals surface area contributed by atoms with Gasteiger partial charge in [0.15, 0.2) is 0 Å². The minimum atomic E-state index is -0.916. The first-order chi connectivity index (χ1) is 17.0. The van der Waals surface area contributed by atoms with Gasteiger partial charge in [0.1, 0.15) is 29.2 Å². The minimum absolute atomic E-state index is 0.0969. The lowest BCUT2D eigenvalue weighted by Crippen LogP contribution is -2.57. The number of methoxy groups -OCH3 is 2. The number of ether oxygens (including phenoxy) is 3. The lowest BCUT2D eigenvalue weighted by Gasteiger charge is -2.42. The fourth-order valence-corrected chi connectivity index (χ4v) is 5.15. The molecule has 1 aliphatic rings. The lowest BCUT2D eigenvalue weighted by atomic mass is 9.98. The topological polar surface area (TPSA) is 94.2 Å². The average Bonchev–Trinajstić information content (AvgIpc) is 2.83. The fraction of sp³-hybridized carbons (Fsp3) is 0.444. The Labute approximate surface area is 216 Å². The smallest absolute Gasteiger partial charge is 0.408 e. The highest BCUT2D eigenvalue weighted by Crippen LogP contribution is 2.40. The van der Waals surface area contributed by atoms with Crippen LogP contribution in [0.15, 0.2) is 48.5 Å². The molecular weight excluding hydrogens is 480 g/mol. The van der Waals surface area contributed by atoms with Gasteiger partial charge < -0.3 is 24.4 Å². The van der Waals surface area contributed by atoms with E-state index in [1.54, 1.807) is 58.9 Å². The molecular formula is C27H34N2O6S. The van der Waals surface area contributed by atoms with Crippen molar-refractivity contribution in [3.05, 3.63) is 59.7 Å². The van der Waals surface area contributed by atoms with Crippen molar-refractivity contribution in [2.75, 3.05) is 20.0 Å². The minimum Gasteiger partial charge on any atom is -0.497 e. The zero-order valence-electron chi connectivity index (χ0n) is 21.6. The van der Waals surface area contributed by atoms with E-state index in [0.717, 1.165) is 11.1 Å². The molecule has 0 aliphatic carbocycles. The summed E-state index contributed by atoms with van der Waals surface area (Å²) in [4.78, 5) is 41.1. The number of alkyl carbamates (subject to hydrolysis) is 1. The molecule has 2 aromatic carbocycles. The maximum absolute atomic E-state index is 13.9. The Morgan fingerprint density at radius 3 is 2.42 bits per heavy atom. The molecule has 0 unspecified atom stereocenters. The van der Waals surface area contributed by atoms with Gasteiger partial charge >= 0.3 is 6.09 Å². The van der Waals surface area contributed by atoms with Crippen molar-refractivity contribution in [2.24, 2.45) is 0 Å². The summed E-state index contributed by atoms with van der Waals surface area (Å²) >= 11 is 1.20. The van der Waals surface area contributed by atoms with E-state index >= 15 is 0 Å². The van der Waals surface area contributed by atoms with Crippen molar-refractivity contribution in [3.8, 4) is 11.5 Å². The first-order valence-corrected chi connectivity index (χ1v) is 12.8. The third kappa shape index (κ3) is 6.72. The Morgan fingerprint density at radius 2 is 1.81 bits per heavy atom. The molecule has 1 N–H and O–H groups in total. The third-order valence-corrected chi connectivity index (χ3v) is 6.80. The second-order valence-electron chi connectivity index (χ2n) is 9.57. The molecule has 0 bridgehead atoms. The molecule has 0 spiro atoms. The number of benzene rings is 2. The molecule has 0 saturated carbocycles. The number of carbonyl (C=O) groups excluding carboxylic acids is 3. The van der Waals surface area contributed by atoms with Crippen LogP contribution in [0.1, 0.15) is 44.9 Å². The number of nitrogens with zero attached hydrogens (tertiary/aromatic N) is 1. The molecule has 194 valence electrons. The van der Waals surface area contributed by atoms with Crippen LogP contribution >= 0.6 is 11.8 Å². The SMILES string of the molecule is COc1ccc([C@@H]2CSC(=O)[C@H](Cc3ccccc3)N2C(=O)[C@H](C)NC(=O)OC(C)(C)C)c(OC)c1. The van der Waals surface area contributed by atoms with Crippen LogP contribution in [0.25, 0.3) is 0 Å². The lowest BCUT2D eigenvalue weighted by molar-refractivity contribution is -0.141. The van der Waals surface area contributed by atoms with Crippen molar-refractivity contribution in [1.82, 2.24) is 10.2 Å². The number of amides is 2. The molecule has 0 aromatic heterocycles. The zero-order valence-corrected chi connectivity index (χ0v) is 22.4. The van der Waals surface area contributed by atoms with Gasteiger partial charge in [0.25, 0.3) is 0 Å². The fourth-order valence-electron chi connectivity index (χ4n) is 4.10. The number of thioether (sulfide) groups is 1. The summed E-state index contributed by atoms with van der Waals surface area (Å²) in [6.07, 6.45) is -0.341. The van der Waals surface area contributed by atoms with Gasteiger partial charge in [0, 0.05) is 23.8 Å². The summed E-state index contributed by atoms with van der Waals surface area (Å²) in [5.41, 5.74) is 0.984. The largest absolute Gasteiger partial charge is 0.497 e. The Balaban J connectivity index is 2.00. The van der Waals surface area contributed by atoms with Gasteiger partial charge in [-0.1, -0.05) is 42.1 Å². The molecule has 8 nitrogen and oxygen atoms in total. The quantitative estimate of drug-likeness (QED) is 0.586. The molecule has 3 rings (SSSR count). The van der Waals surface area contributed by atoms with E-state index in [0.29, 0.717) is 23.7 Å². The van der Waals surface area contributed by atoms with Crippen molar-refractivity contribution in [2.45, 2.75) is 57.8 Å². The predicted molar refractivity (Wildman–Crippen MR) is 139 cm³/mol. The molecule has 1 aliphatic heterocycles. The molecule has 3 atom stereocenters. The normalized spacial score (nSPS) is 18.8. The highest BCUT2D eigenvalue weighted by atomic mass is 32.2. The molecule has 1 heterocycles. The molecule has 1 saturated heterocycles. The van der Waals surface area contributed by atoms with Crippen molar-refractivity contribution in [3.63, 3.8) is 0 Å². The van der Waals surface area contributed by atoms with Crippen LogP contribution in [0, 0.1) is 0 Å². The van der Waals surface area contributed by atoms with E-state index in [1.807, 2.05) is 36.4 Å². The van der Waals surface area contributed by atoms with Crippen LogP contribution < -0.4 is 14.8 Å². The van der Waals surface area contributed by atoms with Crippen LogP contribution in [0.3, 0.4) is 0 Å². The zero-order chi connectivity index (χ0) is 26.5. The Bertz CT molecular complexity index is 1090. The van der Waals surface area contributed by atoms with Crippen LogP contribution in [0.5, 0.6) is 11.5 Å². The van der Waals surface area contributed by atoms with E-state index in [2.05, 4.69) is 5.32 Å². The Kier molecular flexibility index (Phi) is 8.89. The van der Waals surface area contributed by atoms with E-state index in [1.165, 1.54) is 11.8 Å². The molecule has 9 heteroatoms. The van der Waals surface area contributed by atoms with E-state index in [9.17, 15) is 14.4 Å². The second-order valence-corrected chi connectivity index (χ2v) is 10.6. The second kappa shape index (κ2) is 11.7. The Morgan fingerprint density at radius 1 is 1.11 bits per heavy atom. The van der Waals surface area contributed by atoms with E-state index in [4.69, 9.17) is 14.2 Å². The van der Waals surface area contributed by atoms with Gasteiger partial charge in [0.2, 0.25) is 11.0 Å². The monoisotopic (exact) mass is 514 g/mol. The van der Waals surface area contributed by atoms with E-state index < -0.39 is 29.8 Å². The molecule has 1 fully saturated rings. The highest BCUT2D eigenvalue weighted by molar-refractivity contribution is 8.13. The number of rotatable bonds is 7. The number of nitrogens with one attached hydrogen (secondary N) is 1. The predicted octanol–water partition coefficient (Wildman–Crippen LogP) is 4.37. The van der Waals surface area contributed by atoms with Crippen LogP contribution in [-0.4, -0.2) is 59.7 Å². The summed E-state index contributed by atoms with van der Waals surface area (Å²) in [6, 6.07) is 12.9. The van der Waals surface area contributed by atoms with Crippen molar-refractivity contribution < 1.29 is 28.6 Å².